The van der Waals surface area contributed by atoms with Gasteiger partial charge in [-0.25, -0.2) is 0 Å². The van der Waals surface area contributed by atoms with Gasteiger partial charge in [-0.15, -0.1) is 0 Å². The van der Waals surface area contributed by atoms with Crippen LogP contribution in [0.4, 0.5) is 0 Å². The Morgan fingerprint density at radius 3 is 1.41 bits per heavy atom. The van der Waals surface area contributed by atoms with E-state index in [4.69, 9.17) is 0 Å². The minimum atomic E-state index is 0.928. The summed E-state index contributed by atoms with van der Waals surface area (Å²) in [7, 11) is 6.56. The van der Waals surface area contributed by atoms with Crippen LogP contribution in [0.25, 0.3) is 0 Å². The maximum Gasteiger partial charge on any atom is 0.00163 e. The van der Waals surface area contributed by atoms with E-state index < -0.39 is 0 Å². The standard InChI is InChI=1S/C8H17N.C6H13N.C5H11N/c1-8-5-3-4-6-9(2)7-8;1-6-3-4-7(2)5-6;1-5-3-6(2)4-5/h8H,3-7H2,1-2H3;6H,3-5H2,1-2H3;5H,3-4H2,1-2H3. The first-order valence-corrected chi connectivity index (χ1v) is 9.42. The van der Waals surface area contributed by atoms with E-state index in [0.29, 0.717) is 0 Å². The summed E-state index contributed by atoms with van der Waals surface area (Å²) < 4.78 is 0. The fourth-order valence-corrected chi connectivity index (χ4v) is 3.76. The second-order valence-corrected chi connectivity index (χ2v) is 8.35. The van der Waals surface area contributed by atoms with Crippen molar-refractivity contribution in [3.05, 3.63) is 0 Å². The average Bonchev–Trinajstić information content (AvgIpc) is 2.67. The zero-order chi connectivity index (χ0) is 16.5. The van der Waals surface area contributed by atoms with Gasteiger partial charge < -0.3 is 14.7 Å². The van der Waals surface area contributed by atoms with Gasteiger partial charge in [0.15, 0.2) is 0 Å². The van der Waals surface area contributed by atoms with E-state index >= 15 is 0 Å². The van der Waals surface area contributed by atoms with Crippen molar-refractivity contribution < 1.29 is 0 Å². The molecule has 0 radical (unpaired) electrons. The zero-order valence-electron chi connectivity index (χ0n) is 16.1. The molecule has 0 saturated carbocycles. The van der Waals surface area contributed by atoms with Crippen molar-refractivity contribution >= 4 is 0 Å². The third-order valence-electron chi connectivity index (χ3n) is 4.98. The quantitative estimate of drug-likeness (QED) is 0.680. The van der Waals surface area contributed by atoms with Gasteiger partial charge in [0.2, 0.25) is 0 Å². The van der Waals surface area contributed by atoms with Crippen molar-refractivity contribution in [2.75, 3.05) is 60.4 Å². The maximum absolute atomic E-state index is 2.44. The van der Waals surface area contributed by atoms with Gasteiger partial charge in [-0.05, 0) is 71.2 Å². The highest BCUT2D eigenvalue weighted by Crippen LogP contribution is 2.13. The molecule has 0 amide bonds. The van der Waals surface area contributed by atoms with Crippen LogP contribution in [0.5, 0.6) is 0 Å². The molecule has 0 aromatic carbocycles. The Bertz CT molecular complexity index is 252. The fraction of sp³-hybridized carbons (Fsp3) is 1.00. The molecule has 0 aromatic heterocycles. The number of hydrogen-bond acceptors (Lipinski definition) is 3. The van der Waals surface area contributed by atoms with Gasteiger partial charge in [-0.2, -0.15) is 0 Å². The molecular weight excluding hydrogens is 270 g/mol. The molecule has 3 saturated heterocycles. The highest BCUT2D eigenvalue weighted by atomic mass is 15.2. The molecule has 3 aliphatic rings. The highest BCUT2D eigenvalue weighted by Gasteiger charge is 2.16. The van der Waals surface area contributed by atoms with Crippen LogP contribution in [0.3, 0.4) is 0 Å². The highest BCUT2D eigenvalue weighted by molar-refractivity contribution is 4.71. The second-order valence-electron chi connectivity index (χ2n) is 8.35. The Morgan fingerprint density at radius 2 is 1.05 bits per heavy atom. The first-order chi connectivity index (χ1) is 10.4. The number of hydrogen-bond donors (Lipinski definition) is 0. The van der Waals surface area contributed by atoms with Gasteiger partial charge >= 0.3 is 0 Å². The SMILES string of the molecule is CC1CCCCN(C)C1.CC1CCN(C)C1.CC1CN(C)C1. The van der Waals surface area contributed by atoms with Crippen LogP contribution in [0.15, 0.2) is 0 Å². The molecule has 3 heterocycles. The van der Waals surface area contributed by atoms with E-state index in [1.54, 1.807) is 0 Å². The lowest BCUT2D eigenvalue weighted by Crippen LogP contribution is -2.41. The van der Waals surface area contributed by atoms with Crippen molar-refractivity contribution in [2.45, 2.75) is 46.5 Å². The second kappa shape index (κ2) is 10.6. The van der Waals surface area contributed by atoms with Gasteiger partial charge in [0.05, 0.1) is 0 Å². The van der Waals surface area contributed by atoms with Gasteiger partial charge in [0.25, 0.3) is 0 Å². The van der Waals surface area contributed by atoms with Crippen LogP contribution in [0.2, 0.25) is 0 Å². The van der Waals surface area contributed by atoms with E-state index in [0.717, 1.165) is 17.8 Å². The van der Waals surface area contributed by atoms with E-state index in [1.807, 2.05) is 0 Å². The topological polar surface area (TPSA) is 9.72 Å². The molecule has 0 N–H and O–H groups in total. The summed E-state index contributed by atoms with van der Waals surface area (Å²) in [5, 5.41) is 0. The van der Waals surface area contributed by atoms with Crippen molar-refractivity contribution in [3.8, 4) is 0 Å². The molecule has 2 unspecified atom stereocenters. The minimum Gasteiger partial charge on any atom is -0.306 e. The number of likely N-dealkylation sites (tertiary alicyclic amines) is 3. The van der Waals surface area contributed by atoms with E-state index in [2.05, 4.69) is 56.6 Å². The summed E-state index contributed by atoms with van der Waals surface area (Å²) in [6.45, 7) is 14.8. The Kier molecular flexibility index (Phi) is 9.62. The molecule has 132 valence electrons. The Balaban J connectivity index is 0.000000169. The third kappa shape index (κ3) is 9.12. The summed E-state index contributed by atoms with van der Waals surface area (Å²) in [5.41, 5.74) is 0. The van der Waals surface area contributed by atoms with Crippen LogP contribution in [0, 0.1) is 17.8 Å². The molecule has 0 aromatic rings. The van der Waals surface area contributed by atoms with E-state index in [9.17, 15) is 0 Å². The predicted molar refractivity (Wildman–Crippen MR) is 98.5 cm³/mol. The van der Waals surface area contributed by atoms with Gasteiger partial charge in [-0.1, -0.05) is 27.2 Å². The van der Waals surface area contributed by atoms with Crippen molar-refractivity contribution in [3.63, 3.8) is 0 Å². The first-order valence-electron chi connectivity index (χ1n) is 9.42. The van der Waals surface area contributed by atoms with Crippen molar-refractivity contribution in [2.24, 2.45) is 17.8 Å². The third-order valence-corrected chi connectivity index (χ3v) is 4.98. The summed E-state index contributed by atoms with van der Waals surface area (Å²) in [6.07, 6.45) is 5.67. The zero-order valence-corrected chi connectivity index (χ0v) is 16.1. The Morgan fingerprint density at radius 1 is 0.545 bits per heavy atom. The van der Waals surface area contributed by atoms with Crippen LogP contribution < -0.4 is 0 Å². The number of nitrogens with zero attached hydrogens (tertiary/aromatic N) is 3. The Hall–Kier alpha value is -0.120. The van der Waals surface area contributed by atoms with Crippen LogP contribution >= 0.6 is 0 Å². The molecule has 22 heavy (non-hydrogen) atoms. The van der Waals surface area contributed by atoms with E-state index in [1.165, 1.54) is 65.0 Å². The molecule has 3 aliphatic heterocycles. The average molecular weight is 312 g/mol. The summed E-state index contributed by atoms with van der Waals surface area (Å²) >= 11 is 0. The Labute approximate surface area is 140 Å². The lowest BCUT2D eigenvalue weighted by molar-refractivity contribution is 0.149. The van der Waals surface area contributed by atoms with Crippen molar-refractivity contribution in [1.82, 2.24) is 14.7 Å². The molecule has 0 aliphatic carbocycles. The lowest BCUT2D eigenvalue weighted by Gasteiger charge is -2.33. The largest absolute Gasteiger partial charge is 0.306 e. The maximum atomic E-state index is 2.44. The molecule has 0 spiro atoms. The molecule has 2 atom stereocenters. The summed E-state index contributed by atoms with van der Waals surface area (Å²) in [5.74, 6) is 2.84. The van der Waals surface area contributed by atoms with E-state index in [-0.39, 0.29) is 0 Å². The number of rotatable bonds is 0. The summed E-state index contributed by atoms with van der Waals surface area (Å²) in [4.78, 5) is 7.15. The lowest BCUT2D eigenvalue weighted by atomic mass is 10.1. The molecule has 3 rings (SSSR count). The molecule has 3 nitrogen and oxygen atoms in total. The van der Waals surface area contributed by atoms with Crippen molar-refractivity contribution in [1.29, 1.82) is 0 Å². The van der Waals surface area contributed by atoms with Crippen LogP contribution in [0.1, 0.15) is 46.5 Å². The van der Waals surface area contributed by atoms with Gasteiger partial charge in [0.1, 0.15) is 0 Å². The van der Waals surface area contributed by atoms with Crippen LogP contribution in [-0.2, 0) is 0 Å². The first kappa shape index (κ1) is 19.9. The molecule has 3 heteroatoms. The monoisotopic (exact) mass is 311 g/mol. The van der Waals surface area contributed by atoms with Gasteiger partial charge in [-0.3, -0.25) is 0 Å². The molecule has 0 bridgehead atoms. The fourth-order valence-electron chi connectivity index (χ4n) is 3.76. The summed E-state index contributed by atoms with van der Waals surface area (Å²) in [6, 6.07) is 0. The molecular formula is C19H41N3. The predicted octanol–water partition coefficient (Wildman–Crippen LogP) is 3.26. The minimum absolute atomic E-state index is 0.928. The van der Waals surface area contributed by atoms with Crippen LogP contribution in [-0.4, -0.2) is 75.1 Å². The van der Waals surface area contributed by atoms with Gasteiger partial charge in [0, 0.05) is 26.2 Å². The normalized spacial score (nSPS) is 31.4. The molecule has 3 fully saturated rings. The smallest absolute Gasteiger partial charge is 0.00163 e.